The minimum absolute atomic E-state index is 0.0291. The van der Waals surface area contributed by atoms with Crippen LogP contribution in [0.15, 0.2) is 9.21 Å². The summed E-state index contributed by atoms with van der Waals surface area (Å²) >= 11 is 0. The van der Waals surface area contributed by atoms with Crippen LogP contribution >= 0.6 is 0 Å². The SMILES string of the molecule is CC(C)c1c(CC(=O)N2CCCC2)c(=O)oc2c(C=O)c(O)c3c(c12)CCCO3. The number of benzene rings is 1. The van der Waals surface area contributed by atoms with Crippen LogP contribution in [-0.4, -0.2) is 41.9 Å². The van der Waals surface area contributed by atoms with E-state index >= 15 is 0 Å². The van der Waals surface area contributed by atoms with Gasteiger partial charge in [0.25, 0.3) is 0 Å². The zero-order valence-corrected chi connectivity index (χ0v) is 16.7. The molecule has 0 bridgehead atoms. The Morgan fingerprint density at radius 3 is 2.62 bits per heavy atom. The molecule has 29 heavy (non-hydrogen) atoms. The van der Waals surface area contributed by atoms with Crippen LogP contribution in [0.2, 0.25) is 0 Å². The van der Waals surface area contributed by atoms with Gasteiger partial charge in [-0.05, 0) is 37.2 Å². The number of aromatic hydroxyl groups is 1. The summed E-state index contributed by atoms with van der Waals surface area (Å²) in [6.45, 7) is 5.75. The predicted octanol–water partition coefficient (Wildman–Crippen LogP) is 2.92. The van der Waals surface area contributed by atoms with Crippen LogP contribution in [0.3, 0.4) is 0 Å². The Morgan fingerprint density at radius 1 is 1.24 bits per heavy atom. The summed E-state index contributed by atoms with van der Waals surface area (Å²) in [5, 5.41) is 11.2. The maximum absolute atomic E-state index is 12.9. The molecule has 0 radical (unpaired) electrons. The Bertz CT molecular complexity index is 1050. The summed E-state index contributed by atoms with van der Waals surface area (Å²) in [7, 11) is 0. The van der Waals surface area contributed by atoms with Crippen molar-refractivity contribution >= 4 is 23.2 Å². The zero-order valence-electron chi connectivity index (χ0n) is 16.7. The summed E-state index contributed by atoms with van der Waals surface area (Å²) in [6, 6.07) is 0. The molecule has 0 aliphatic carbocycles. The van der Waals surface area contributed by atoms with Crippen molar-refractivity contribution in [1.82, 2.24) is 4.90 Å². The highest BCUT2D eigenvalue weighted by molar-refractivity contribution is 6.03. The molecule has 4 rings (SSSR count). The average molecular weight is 399 g/mol. The Hall–Kier alpha value is -2.83. The Morgan fingerprint density at radius 2 is 1.97 bits per heavy atom. The van der Waals surface area contributed by atoms with Gasteiger partial charge in [-0.25, -0.2) is 4.79 Å². The number of hydrogen-bond donors (Lipinski definition) is 1. The summed E-state index contributed by atoms with van der Waals surface area (Å²) in [4.78, 5) is 39.2. The molecule has 1 aromatic carbocycles. The predicted molar refractivity (Wildman–Crippen MR) is 107 cm³/mol. The lowest BCUT2D eigenvalue weighted by Crippen LogP contribution is -2.31. The van der Waals surface area contributed by atoms with Crippen LogP contribution in [0.5, 0.6) is 11.5 Å². The molecule has 1 amide bonds. The van der Waals surface area contributed by atoms with Gasteiger partial charge in [0.1, 0.15) is 5.56 Å². The normalized spacial score (nSPS) is 16.2. The number of ether oxygens (including phenoxy) is 1. The molecule has 2 aromatic rings. The molecule has 0 spiro atoms. The molecular weight excluding hydrogens is 374 g/mol. The highest BCUT2D eigenvalue weighted by Crippen LogP contribution is 2.45. The molecule has 1 N–H and O–H groups in total. The lowest BCUT2D eigenvalue weighted by Gasteiger charge is -2.24. The smallest absolute Gasteiger partial charge is 0.340 e. The van der Waals surface area contributed by atoms with E-state index in [2.05, 4.69) is 0 Å². The topological polar surface area (TPSA) is 97.1 Å². The molecule has 7 heteroatoms. The molecule has 1 fully saturated rings. The van der Waals surface area contributed by atoms with Crippen LogP contribution in [0.1, 0.15) is 66.1 Å². The number of aryl methyl sites for hydroxylation is 1. The third kappa shape index (κ3) is 3.18. The molecule has 0 saturated carbocycles. The molecule has 154 valence electrons. The number of phenols is 1. The van der Waals surface area contributed by atoms with E-state index in [4.69, 9.17) is 9.15 Å². The molecule has 2 aliphatic rings. The summed E-state index contributed by atoms with van der Waals surface area (Å²) < 4.78 is 11.2. The second kappa shape index (κ2) is 7.54. The number of fused-ring (bicyclic) bond motifs is 3. The fraction of sp³-hybridized carbons (Fsp3) is 0.500. The van der Waals surface area contributed by atoms with Crippen molar-refractivity contribution in [3.63, 3.8) is 0 Å². The van der Waals surface area contributed by atoms with Crippen molar-refractivity contribution in [3.8, 4) is 11.5 Å². The third-order valence-corrected chi connectivity index (χ3v) is 5.85. The van der Waals surface area contributed by atoms with Crippen molar-refractivity contribution in [2.75, 3.05) is 19.7 Å². The van der Waals surface area contributed by atoms with Gasteiger partial charge in [0.2, 0.25) is 5.91 Å². The van der Waals surface area contributed by atoms with Gasteiger partial charge in [0.05, 0.1) is 18.6 Å². The number of phenolic OH excluding ortho intramolecular Hbond substituents is 1. The van der Waals surface area contributed by atoms with E-state index in [1.54, 1.807) is 4.90 Å². The number of carbonyl (C=O) groups excluding carboxylic acids is 2. The standard InChI is InChI=1S/C22H25NO6/c1-12(2)17-14(10-16(25)23-7-3-4-8-23)22(27)29-20-15(11-24)19(26)21-13(18(17)20)6-5-9-28-21/h11-12,26H,3-10H2,1-2H3. The molecule has 3 heterocycles. The van der Waals surface area contributed by atoms with E-state index in [-0.39, 0.29) is 40.9 Å². The minimum atomic E-state index is -0.632. The first-order valence-corrected chi connectivity index (χ1v) is 10.2. The first-order valence-electron chi connectivity index (χ1n) is 10.2. The van der Waals surface area contributed by atoms with Crippen molar-refractivity contribution in [2.45, 2.75) is 51.9 Å². The average Bonchev–Trinajstić information content (AvgIpc) is 3.24. The highest BCUT2D eigenvalue weighted by atomic mass is 16.5. The first-order chi connectivity index (χ1) is 13.9. The van der Waals surface area contributed by atoms with Gasteiger partial charge in [0, 0.05) is 24.0 Å². The van der Waals surface area contributed by atoms with Gasteiger partial charge in [-0.3, -0.25) is 9.59 Å². The molecule has 1 aromatic heterocycles. The van der Waals surface area contributed by atoms with Gasteiger partial charge < -0.3 is 19.2 Å². The van der Waals surface area contributed by atoms with Crippen LogP contribution in [0, 0.1) is 0 Å². The second-order valence-electron chi connectivity index (χ2n) is 8.05. The van der Waals surface area contributed by atoms with Gasteiger partial charge >= 0.3 is 5.63 Å². The fourth-order valence-electron chi connectivity index (χ4n) is 4.52. The quantitative estimate of drug-likeness (QED) is 0.627. The van der Waals surface area contributed by atoms with Crippen LogP contribution in [0.25, 0.3) is 11.0 Å². The second-order valence-corrected chi connectivity index (χ2v) is 8.05. The van der Waals surface area contributed by atoms with Crippen molar-refractivity contribution in [2.24, 2.45) is 0 Å². The maximum atomic E-state index is 12.9. The Balaban J connectivity index is 2.00. The van der Waals surface area contributed by atoms with E-state index in [1.165, 1.54) is 0 Å². The van der Waals surface area contributed by atoms with E-state index in [9.17, 15) is 19.5 Å². The van der Waals surface area contributed by atoms with Gasteiger partial charge in [-0.1, -0.05) is 13.8 Å². The molecule has 0 unspecified atom stereocenters. The fourth-order valence-corrected chi connectivity index (χ4v) is 4.52. The molecule has 1 saturated heterocycles. The molecule has 7 nitrogen and oxygen atoms in total. The van der Waals surface area contributed by atoms with E-state index in [1.807, 2.05) is 13.8 Å². The van der Waals surface area contributed by atoms with Crippen LogP contribution in [-0.2, 0) is 17.6 Å². The molecular formula is C22H25NO6. The van der Waals surface area contributed by atoms with Crippen molar-refractivity contribution < 1.29 is 23.8 Å². The number of amides is 1. The zero-order chi connectivity index (χ0) is 20.7. The number of carbonyl (C=O) groups is 2. The van der Waals surface area contributed by atoms with Crippen LogP contribution < -0.4 is 10.4 Å². The molecule has 0 atom stereocenters. The van der Waals surface area contributed by atoms with Gasteiger partial charge in [-0.2, -0.15) is 0 Å². The summed E-state index contributed by atoms with van der Waals surface area (Å²) in [5.41, 5.74) is 1.13. The van der Waals surface area contributed by atoms with Gasteiger partial charge in [0.15, 0.2) is 23.4 Å². The third-order valence-electron chi connectivity index (χ3n) is 5.85. The minimum Gasteiger partial charge on any atom is -0.504 e. The Kier molecular flexibility index (Phi) is 5.06. The van der Waals surface area contributed by atoms with Crippen LogP contribution in [0.4, 0.5) is 0 Å². The maximum Gasteiger partial charge on any atom is 0.340 e. The lowest BCUT2D eigenvalue weighted by molar-refractivity contribution is -0.129. The highest BCUT2D eigenvalue weighted by Gasteiger charge is 2.30. The Labute approximate surface area is 168 Å². The van der Waals surface area contributed by atoms with E-state index in [0.717, 1.165) is 24.8 Å². The number of rotatable bonds is 4. The lowest BCUT2D eigenvalue weighted by atomic mass is 9.87. The first kappa shape index (κ1) is 19.5. The number of hydrogen-bond acceptors (Lipinski definition) is 6. The number of aldehydes is 1. The van der Waals surface area contributed by atoms with Crippen molar-refractivity contribution in [1.29, 1.82) is 0 Å². The van der Waals surface area contributed by atoms with E-state index < -0.39 is 5.63 Å². The number of nitrogens with zero attached hydrogens (tertiary/aromatic N) is 1. The van der Waals surface area contributed by atoms with Gasteiger partial charge in [-0.15, -0.1) is 0 Å². The monoisotopic (exact) mass is 399 g/mol. The van der Waals surface area contributed by atoms with Crippen molar-refractivity contribution in [3.05, 3.63) is 32.7 Å². The molecule has 2 aliphatic heterocycles. The largest absolute Gasteiger partial charge is 0.504 e. The number of likely N-dealkylation sites (tertiary alicyclic amines) is 1. The summed E-state index contributed by atoms with van der Waals surface area (Å²) in [6.07, 6.45) is 3.78. The van der Waals surface area contributed by atoms with E-state index in [0.29, 0.717) is 48.9 Å². The summed E-state index contributed by atoms with van der Waals surface area (Å²) in [5.74, 6) is -0.187.